The van der Waals surface area contributed by atoms with Crippen LogP contribution in [-0.2, 0) is 0 Å². The van der Waals surface area contributed by atoms with Crippen molar-refractivity contribution in [1.29, 1.82) is 0 Å². The minimum atomic E-state index is -0.405. The molecule has 0 aliphatic heterocycles. The largest absolute Gasteiger partial charge is 0.490 e. The average Bonchev–Trinajstić information content (AvgIpc) is 2.65. The van der Waals surface area contributed by atoms with Crippen LogP contribution in [0.25, 0.3) is 0 Å². The molecular formula is C18H16BrN3O3S. The van der Waals surface area contributed by atoms with Crippen LogP contribution in [0.5, 0.6) is 5.75 Å². The third-order valence-electron chi connectivity index (χ3n) is 3.12. The van der Waals surface area contributed by atoms with Crippen LogP contribution >= 0.6 is 28.1 Å². The van der Waals surface area contributed by atoms with Gasteiger partial charge >= 0.3 is 0 Å². The average molecular weight is 434 g/mol. The van der Waals surface area contributed by atoms with Crippen molar-refractivity contribution in [2.24, 2.45) is 0 Å². The van der Waals surface area contributed by atoms with E-state index in [0.717, 1.165) is 0 Å². The summed E-state index contributed by atoms with van der Waals surface area (Å²) in [6.45, 7) is 3.95. The molecule has 0 unspecified atom stereocenters. The molecule has 2 aromatic carbocycles. The topological polar surface area (TPSA) is 79.5 Å². The summed E-state index contributed by atoms with van der Waals surface area (Å²) in [4.78, 5) is 24.2. The fourth-order valence-corrected chi connectivity index (χ4v) is 2.50. The normalized spacial score (nSPS) is 9.73. The van der Waals surface area contributed by atoms with Gasteiger partial charge in [0.25, 0.3) is 11.8 Å². The van der Waals surface area contributed by atoms with Crippen LogP contribution in [0.2, 0.25) is 0 Å². The van der Waals surface area contributed by atoms with Gasteiger partial charge in [-0.3, -0.25) is 25.8 Å². The molecule has 2 amide bonds. The first-order valence-electron chi connectivity index (χ1n) is 7.51. The molecule has 2 aromatic rings. The van der Waals surface area contributed by atoms with Gasteiger partial charge in [-0.1, -0.05) is 24.8 Å². The Hall–Kier alpha value is -2.71. The zero-order valence-electron chi connectivity index (χ0n) is 13.6. The maximum atomic E-state index is 12.1. The van der Waals surface area contributed by atoms with Gasteiger partial charge < -0.3 is 4.74 Å². The van der Waals surface area contributed by atoms with Gasteiger partial charge in [-0.2, -0.15) is 0 Å². The van der Waals surface area contributed by atoms with E-state index in [4.69, 9.17) is 17.0 Å². The second-order valence-corrected chi connectivity index (χ2v) is 6.23. The molecule has 3 N–H and O–H groups in total. The molecule has 0 heterocycles. The molecule has 0 saturated heterocycles. The van der Waals surface area contributed by atoms with Crippen LogP contribution in [0.3, 0.4) is 0 Å². The Balaban J connectivity index is 1.84. The minimum Gasteiger partial charge on any atom is -0.490 e. The number of benzene rings is 2. The molecule has 134 valence electrons. The van der Waals surface area contributed by atoms with E-state index >= 15 is 0 Å². The van der Waals surface area contributed by atoms with E-state index < -0.39 is 11.8 Å². The second-order valence-electron chi connectivity index (χ2n) is 4.97. The third-order valence-corrected chi connectivity index (χ3v) is 4.02. The number of nitrogens with one attached hydrogen (secondary N) is 3. The van der Waals surface area contributed by atoms with E-state index in [2.05, 4.69) is 38.7 Å². The highest BCUT2D eigenvalue weighted by Crippen LogP contribution is 2.15. The maximum Gasteiger partial charge on any atom is 0.269 e. The quantitative estimate of drug-likeness (QED) is 0.383. The molecule has 6 nitrogen and oxygen atoms in total. The summed E-state index contributed by atoms with van der Waals surface area (Å²) in [5.74, 6) is -0.170. The molecule has 8 heteroatoms. The lowest BCUT2D eigenvalue weighted by atomic mass is 10.2. The Morgan fingerprint density at radius 3 is 2.42 bits per heavy atom. The first kappa shape index (κ1) is 19.6. The molecule has 26 heavy (non-hydrogen) atoms. The zero-order chi connectivity index (χ0) is 18.9. The number of amides is 2. The Kier molecular flexibility index (Phi) is 7.31. The summed E-state index contributed by atoms with van der Waals surface area (Å²) < 4.78 is 5.99. The third kappa shape index (κ3) is 5.68. The standard InChI is InChI=1S/C18H16BrN3O3S/c1-2-11-25-13-9-7-12(8-10-13)16(23)21-22-18(26)20-17(24)14-5-3-4-6-15(14)19/h2-10H,1,11H2,(H,21,23)(H2,20,22,24,26). The molecule has 2 rings (SSSR count). The Morgan fingerprint density at radius 2 is 1.77 bits per heavy atom. The molecule has 0 bridgehead atoms. The van der Waals surface area contributed by atoms with Crippen LogP contribution in [0.4, 0.5) is 0 Å². The van der Waals surface area contributed by atoms with Crippen molar-refractivity contribution in [3.05, 3.63) is 76.8 Å². The molecule has 0 radical (unpaired) electrons. The van der Waals surface area contributed by atoms with E-state index in [9.17, 15) is 9.59 Å². The van der Waals surface area contributed by atoms with Crippen molar-refractivity contribution in [1.82, 2.24) is 16.2 Å². The zero-order valence-corrected chi connectivity index (χ0v) is 16.0. The highest BCUT2D eigenvalue weighted by Gasteiger charge is 2.11. The second kappa shape index (κ2) is 9.69. The van der Waals surface area contributed by atoms with E-state index in [0.29, 0.717) is 28.0 Å². The molecule has 0 spiro atoms. The van der Waals surface area contributed by atoms with Crippen molar-refractivity contribution in [3.8, 4) is 5.75 Å². The van der Waals surface area contributed by atoms with Crippen molar-refractivity contribution in [3.63, 3.8) is 0 Å². The Labute approximate surface area is 164 Å². The first-order valence-corrected chi connectivity index (χ1v) is 8.71. The summed E-state index contributed by atoms with van der Waals surface area (Å²) in [5.41, 5.74) is 5.74. The van der Waals surface area contributed by atoms with E-state index in [-0.39, 0.29) is 5.11 Å². The van der Waals surface area contributed by atoms with E-state index in [1.165, 1.54) is 0 Å². The molecule has 0 aliphatic rings. The van der Waals surface area contributed by atoms with Gasteiger partial charge in [-0.05, 0) is 64.5 Å². The van der Waals surface area contributed by atoms with Crippen molar-refractivity contribution >= 4 is 45.1 Å². The smallest absolute Gasteiger partial charge is 0.269 e. The van der Waals surface area contributed by atoms with Gasteiger partial charge in [-0.15, -0.1) is 0 Å². The maximum absolute atomic E-state index is 12.1. The minimum absolute atomic E-state index is 0.0231. The lowest BCUT2D eigenvalue weighted by Gasteiger charge is -2.11. The van der Waals surface area contributed by atoms with Crippen LogP contribution in [0.1, 0.15) is 20.7 Å². The van der Waals surface area contributed by atoms with Crippen molar-refractivity contribution < 1.29 is 14.3 Å². The van der Waals surface area contributed by atoms with E-state index in [1.807, 2.05) is 0 Å². The number of hydrogen-bond acceptors (Lipinski definition) is 4. The number of rotatable bonds is 5. The monoisotopic (exact) mass is 433 g/mol. The van der Waals surface area contributed by atoms with Crippen LogP contribution < -0.4 is 20.9 Å². The summed E-state index contributed by atoms with van der Waals surface area (Å²) in [7, 11) is 0. The number of ether oxygens (including phenoxy) is 1. The fourth-order valence-electron chi connectivity index (χ4n) is 1.89. The summed E-state index contributed by atoms with van der Waals surface area (Å²) in [6, 6.07) is 13.5. The number of thiocarbonyl (C=S) groups is 1. The lowest BCUT2D eigenvalue weighted by molar-refractivity contribution is 0.0934. The fraction of sp³-hybridized carbons (Fsp3) is 0.0556. The van der Waals surface area contributed by atoms with Gasteiger partial charge in [0, 0.05) is 10.0 Å². The van der Waals surface area contributed by atoms with Crippen molar-refractivity contribution in [2.75, 3.05) is 6.61 Å². The highest BCUT2D eigenvalue weighted by atomic mass is 79.9. The number of halogens is 1. The molecular weight excluding hydrogens is 418 g/mol. The molecule has 0 aliphatic carbocycles. The Morgan fingerprint density at radius 1 is 1.08 bits per heavy atom. The van der Waals surface area contributed by atoms with E-state index in [1.54, 1.807) is 54.6 Å². The summed E-state index contributed by atoms with van der Waals surface area (Å²) >= 11 is 8.30. The van der Waals surface area contributed by atoms with Gasteiger partial charge in [0.15, 0.2) is 5.11 Å². The molecule has 0 atom stereocenters. The summed E-state index contributed by atoms with van der Waals surface area (Å²) in [5, 5.41) is 2.46. The number of carbonyl (C=O) groups excluding carboxylic acids is 2. The van der Waals surface area contributed by atoms with Gasteiger partial charge in [-0.25, -0.2) is 0 Å². The predicted octanol–water partition coefficient (Wildman–Crippen LogP) is 2.96. The number of hydrogen-bond donors (Lipinski definition) is 3. The predicted molar refractivity (Wildman–Crippen MR) is 107 cm³/mol. The van der Waals surface area contributed by atoms with Crippen LogP contribution in [0.15, 0.2) is 65.7 Å². The van der Waals surface area contributed by atoms with Crippen molar-refractivity contribution in [2.45, 2.75) is 0 Å². The Bertz CT molecular complexity index is 825. The van der Waals surface area contributed by atoms with Gasteiger partial charge in [0.2, 0.25) is 0 Å². The number of hydrazine groups is 1. The summed E-state index contributed by atoms with van der Waals surface area (Å²) in [6.07, 6.45) is 1.63. The van der Waals surface area contributed by atoms with Gasteiger partial charge in [0.1, 0.15) is 12.4 Å². The van der Waals surface area contributed by atoms with Crippen LogP contribution in [0, 0.1) is 0 Å². The lowest BCUT2D eigenvalue weighted by Crippen LogP contribution is -2.48. The first-order chi connectivity index (χ1) is 12.5. The highest BCUT2D eigenvalue weighted by molar-refractivity contribution is 9.10. The van der Waals surface area contributed by atoms with Gasteiger partial charge in [0.05, 0.1) is 5.56 Å². The molecule has 0 fully saturated rings. The SMILES string of the molecule is C=CCOc1ccc(C(=O)NNC(=S)NC(=O)c2ccccc2Br)cc1. The molecule has 0 aromatic heterocycles. The molecule has 0 saturated carbocycles. The van der Waals surface area contributed by atoms with Crippen LogP contribution in [-0.4, -0.2) is 23.5 Å². The number of carbonyl (C=O) groups is 2.